The van der Waals surface area contributed by atoms with Crippen LogP contribution in [0.3, 0.4) is 0 Å². The van der Waals surface area contributed by atoms with E-state index in [-0.39, 0.29) is 17.3 Å². The molecule has 8 heteroatoms. The molecule has 2 amide bonds. The highest BCUT2D eigenvalue weighted by atomic mass is 32.2. The second kappa shape index (κ2) is 13.9. The molecule has 0 heterocycles. The molecule has 0 aliphatic heterocycles. The summed E-state index contributed by atoms with van der Waals surface area (Å²) < 4.78 is 29.1. The number of nitrogens with one attached hydrogen (secondary N) is 1. The van der Waals surface area contributed by atoms with Gasteiger partial charge in [-0.05, 0) is 56.0 Å². The van der Waals surface area contributed by atoms with Crippen LogP contribution in [0.4, 0.5) is 5.69 Å². The number of aryl methyl sites for hydroxylation is 2. The van der Waals surface area contributed by atoms with Gasteiger partial charge >= 0.3 is 0 Å². The van der Waals surface area contributed by atoms with Crippen LogP contribution in [-0.2, 0) is 32.6 Å². The second-order valence-electron chi connectivity index (χ2n) is 9.63. The van der Waals surface area contributed by atoms with E-state index in [1.807, 2.05) is 63.2 Å². The van der Waals surface area contributed by atoms with E-state index < -0.39 is 28.5 Å². The number of hydrogen-bond donors (Lipinski definition) is 1. The molecule has 0 aliphatic carbocycles. The highest BCUT2D eigenvalue weighted by molar-refractivity contribution is 7.92. The van der Waals surface area contributed by atoms with Crippen LogP contribution in [0.25, 0.3) is 0 Å². The molecule has 3 aromatic carbocycles. The third-order valence-electron chi connectivity index (χ3n) is 6.72. The SMILES string of the molecule is CCCCNC(=O)[C@H](C)N(Cc1ccccc1)C(=O)CN(c1ccccc1CC)S(=O)(=O)c1ccc(C)cc1. The predicted molar refractivity (Wildman–Crippen MR) is 156 cm³/mol. The summed E-state index contributed by atoms with van der Waals surface area (Å²) in [4.78, 5) is 28.6. The van der Waals surface area contributed by atoms with Crippen LogP contribution < -0.4 is 9.62 Å². The van der Waals surface area contributed by atoms with Crippen molar-refractivity contribution in [2.75, 3.05) is 17.4 Å². The van der Waals surface area contributed by atoms with Crippen molar-refractivity contribution < 1.29 is 18.0 Å². The number of anilines is 1. The van der Waals surface area contributed by atoms with Crippen molar-refractivity contribution in [3.63, 3.8) is 0 Å². The molecule has 0 aromatic heterocycles. The van der Waals surface area contributed by atoms with Gasteiger partial charge in [-0.3, -0.25) is 13.9 Å². The third-order valence-corrected chi connectivity index (χ3v) is 8.50. The van der Waals surface area contributed by atoms with E-state index in [9.17, 15) is 18.0 Å². The normalized spacial score (nSPS) is 12.0. The van der Waals surface area contributed by atoms with Crippen LogP contribution in [0.1, 0.15) is 50.3 Å². The molecule has 1 N–H and O–H groups in total. The van der Waals surface area contributed by atoms with Crippen molar-refractivity contribution in [1.29, 1.82) is 0 Å². The Morgan fingerprint density at radius 3 is 2.18 bits per heavy atom. The van der Waals surface area contributed by atoms with Crippen molar-refractivity contribution in [1.82, 2.24) is 10.2 Å². The molecular weight excluding hydrogens is 510 g/mol. The summed E-state index contributed by atoms with van der Waals surface area (Å²) in [6.07, 6.45) is 2.36. The average molecular weight is 550 g/mol. The van der Waals surface area contributed by atoms with Gasteiger partial charge in [0.1, 0.15) is 12.6 Å². The van der Waals surface area contributed by atoms with Gasteiger partial charge in [0.15, 0.2) is 0 Å². The Labute approximate surface area is 232 Å². The summed E-state index contributed by atoms with van der Waals surface area (Å²) in [6, 6.07) is 22.4. The van der Waals surface area contributed by atoms with Gasteiger partial charge < -0.3 is 10.2 Å². The zero-order valence-corrected chi connectivity index (χ0v) is 24.1. The molecule has 0 unspecified atom stereocenters. The minimum atomic E-state index is -4.08. The van der Waals surface area contributed by atoms with E-state index in [1.54, 1.807) is 43.3 Å². The fourth-order valence-corrected chi connectivity index (χ4v) is 5.75. The molecule has 0 saturated carbocycles. The number of carbonyl (C=O) groups is 2. The van der Waals surface area contributed by atoms with E-state index in [0.29, 0.717) is 18.7 Å². The lowest BCUT2D eigenvalue weighted by Gasteiger charge is -2.32. The fraction of sp³-hybridized carbons (Fsp3) is 0.355. The van der Waals surface area contributed by atoms with E-state index >= 15 is 0 Å². The summed E-state index contributed by atoms with van der Waals surface area (Å²) in [5.41, 5.74) is 3.04. The number of unbranched alkanes of at least 4 members (excludes halogenated alkanes) is 1. The quantitative estimate of drug-likeness (QED) is 0.301. The second-order valence-corrected chi connectivity index (χ2v) is 11.5. The lowest BCUT2D eigenvalue weighted by molar-refractivity contribution is -0.139. The molecule has 1 atom stereocenters. The Hall–Kier alpha value is -3.65. The van der Waals surface area contributed by atoms with Gasteiger partial charge in [0.25, 0.3) is 10.0 Å². The molecule has 3 aromatic rings. The van der Waals surface area contributed by atoms with Gasteiger partial charge in [0.05, 0.1) is 10.6 Å². The highest BCUT2D eigenvalue weighted by Gasteiger charge is 2.33. The van der Waals surface area contributed by atoms with Gasteiger partial charge in [-0.2, -0.15) is 0 Å². The molecular formula is C31H39N3O4S. The average Bonchev–Trinajstić information content (AvgIpc) is 2.95. The van der Waals surface area contributed by atoms with Gasteiger partial charge in [-0.25, -0.2) is 8.42 Å². The monoisotopic (exact) mass is 549 g/mol. The van der Waals surface area contributed by atoms with Crippen molar-refractivity contribution in [2.24, 2.45) is 0 Å². The van der Waals surface area contributed by atoms with Crippen LogP contribution in [-0.4, -0.2) is 44.3 Å². The summed E-state index contributed by atoms with van der Waals surface area (Å²) in [5, 5.41) is 2.90. The summed E-state index contributed by atoms with van der Waals surface area (Å²) in [6.45, 7) is 7.81. The Bertz CT molecular complexity index is 1340. The van der Waals surface area contributed by atoms with Crippen LogP contribution in [0.5, 0.6) is 0 Å². The van der Waals surface area contributed by atoms with E-state index in [2.05, 4.69) is 5.32 Å². The molecule has 0 bridgehead atoms. The predicted octanol–water partition coefficient (Wildman–Crippen LogP) is 5.09. The van der Waals surface area contributed by atoms with Crippen molar-refractivity contribution in [3.8, 4) is 0 Å². The summed E-state index contributed by atoms with van der Waals surface area (Å²) in [7, 11) is -4.08. The number of rotatable bonds is 13. The molecule has 3 rings (SSSR count). The van der Waals surface area contributed by atoms with Crippen LogP contribution in [0, 0.1) is 6.92 Å². The first kappa shape index (κ1) is 29.9. The Kier molecular flexibility index (Phi) is 10.7. The van der Waals surface area contributed by atoms with E-state index in [0.717, 1.165) is 29.5 Å². The van der Waals surface area contributed by atoms with Crippen molar-refractivity contribution in [2.45, 2.75) is 64.4 Å². The maximum absolute atomic E-state index is 14.0. The lowest BCUT2D eigenvalue weighted by Crippen LogP contribution is -2.51. The van der Waals surface area contributed by atoms with Crippen molar-refractivity contribution >= 4 is 27.5 Å². The number of nitrogens with zero attached hydrogens (tertiary/aromatic N) is 2. The van der Waals surface area contributed by atoms with Gasteiger partial charge in [0, 0.05) is 13.1 Å². The first-order chi connectivity index (χ1) is 18.7. The fourth-order valence-electron chi connectivity index (χ4n) is 4.30. The van der Waals surface area contributed by atoms with E-state index in [1.165, 1.54) is 9.21 Å². The zero-order chi connectivity index (χ0) is 28.4. The minimum absolute atomic E-state index is 0.103. The number of benzene rings is 3. The Morgan fingerprint density at radius 1 is 0.897 bits per heavy atom. The molecule has 7 nitrogen and oxygen atoms in total. The van der Waals surface area contributed by atoms with Crippen molar-refractivity contribution in [3.05, 3.63) is 95.6 Å². The van der Waals surface area contributed by atoms with Gasteiger partial charge in [-0.1, -0.05) is 86.5 Å². The third kappa shape index (κ3) is 7.69. The first-order valence-corrected chi connectivity index (χ1v) is 14.9. The number of amides is 2. The van der Waals surface area contributed by atoms with E-state index in [4.69, 9.17) is 0 Å². The Morgan fingerprint density at radius 2 is 1.54 bits per heavy atom. The maximum atomic E-state index is 14.0. The largest absolute Gasteiger partial charge is 0.354 e. The zero-order valence-electron chi connectivity index (χ0n) is 23.3. The van der Waals surface area contributed by atoms with Crippen LogP contribution >= 0.6 is 0 Å². The number of hydrogen-bond acceptors (Lipinski definition) is 4. The number of sulfonamides is 1. The summed E-state index contributed by atoms with van der Waals surface area (Å²) in [5.74, 6) is -0.729. The maximum Gasteiger partial charge on any atom is 0.264 e. The van der Waals surface area contributed by atoms with Crippen LogP contribution in [0.2, 0.25) is 0 Å². The smallest absolute Gasteiger partial charge is 0.264 e. The highest BCUT2D eigenvalue weighted by Crippen LogP contribution is 2.28. The molecule has 0 spiro atoms. The minimum Gasteiger partial charge on any atom is -0.354 e. The van der Waals surface area contributed by atoms with Gasteiger partial charge in [-0.15, -0.1) is 0 Å². The molecule has 0 fully saturated rings. The Balaban J connectivity index is 2.02. The number of para-hydroxylation sites is 1. The van der Waals surface area contributed by atoms with Crippen LogP contribution in [0.15, 0.2) is 83.8 Å². The molecule has 208 valence electrons. The lowest BCUT2D eigenvalue weighted by atomic mass is 10.1. The molecule has 0 radical (unpaired) electrons. The molecule has 0 aliphatic rings. The van der Waals surface area contributed by atoms with Gasteiger partial charge in [0.2, 0.25) is 11.8 Å². The standard InChI is InChI=1S/C31H39N3O4S/c1-5-7-21-32-31(36)25(4)33(22-26-13-9-8-10-14-26)30(35)23-34(29-16-12-11-15-27(29)6-2)39(37,38)28-19-17-24(3)18-20-28/h8-20,25H,5-7,21-23H2,1-4H3,(H,32,36)/t25-/m0/s1. The first-order valence-electron chi connectivity index (χ1n) is 13.5. The molecule has 0 saturated heterocycles. The topological polar surface area (TPSA) is 86.8 Å². The molecule has 39 heavy (non-hydrogen) atoms. The number of carbonyl (C=O) groups excluding carboxylic acids is 2. The summed E-state index contributed by atoms with van der Waals surface area (Å²) >= 11 is 0.